The topological polar surface area (TPSA) is 143 Å². The molecule has 1 amide bonds. The molecular weight excluding hydrogens is 518 g/mol. The second-order valence-electron chi connectivity index (χ2n) is 9.79. The normalized spacial score (nSPS) is 26.9. The average Bonchev–Trinajstić information content (AvgIpc) is 3.39. The number of benzene rings is 1. The van der Waals surface area contributed by atoms with E-state index in [4.69, 9.17) is 14.5 Å². The molecule has 0 spiro atoms. The van der Waals surface area contributed by atoms with E-state index in [0.29, 0.717) is 43.4 Å². The number of aliphatic imine (C=N–C) groups is 1. The molecular formula is C25H32F2N6O6. The molecule has 2 saturated heterocycles. The van der Waals surface area contributed by atoms with Crippen LogP contribution in [-0.4, -0.2) is 81.0 Å². The Morgan fingerprint density at radius 1 is 1.23 bits per heavy atom. The number of aliphatic hydroxyl groups is 2. The van der Waals surface area contributed by atoms with Crippen LogP contribution in [0.1, 0.15) is 50.4 Å². The van der Waals surface area contributed by atoms with Gasteiger partial charge in [0.1, 0.15) is 23.7 Å². The first-order valence-corrected chi connectivity index (χ1v) is 12.8. The second kappa shape index (κ2) is 11.4. The van der Waals surface area contributed by atoms with Crippen LogP contribution in [0.4, 0.5) is 20.5 Å². The smallest absolute Gasteiger partial charge is 0.387 e. The molecule has 2 fully saturated rings. The number of piperidine rings is 1. The van der Waals surface area contributed by atoms with Gasteiger partial charge >= 0.3 is 6.61 Å². The number of halogens is 2. The Morgan fingerprint density at radius 3 is 2.56 bits per heavy atom. The van der Waals surface area contributed by atoms with E-state index in [1.165, 1.54) is 18.5 Å². The third-order valence-corrected chi connectivity index (χ3v) is 7.14. The Morgan fingerprint density at radius 2 is 1.95 bits per heavy atom. The minimum absolute atomic E-state index is 0.00868. The number of carbonyl (C=O) groups is 1. The van der Waals surface area contributed by atoms with Gasteiger partial charge in [-0.1, -0.05) is 12.1 Å². The van der Waals surface area contributed by atoms with Crippen LogP contribution >= 0.6 is 0 Å². The van der Waals surface area contributed by atoms with Gasteiger partial charge in [0.05, 0.1) is 19.0 Å². The number of aliphatic hydroxyl groups excluding tert-OH is 2. The molecule has 3 aliphatic heterocycles. The third kappa shape index (κ3) is 5.83. The summed E-state index contributed by atoms with van der Waals surface area (Å²) in [7, 11) is 0. The molecule has 212 valence electrons. The molecule has 2 aromatic rings. The van der Waals surface area contributed by atoms with Crippen molar-refractivity contribution in [2.24, 2.45) is 4.99 Å². The number of hydrogen-bond acceptors (Lipinski definition) is 10. The Hall–Kier alpha value is -3.33. The molecule has 0 aliphatic carbocycles. The fourth-order valence-corrected chi connectivity index (χ4v) is 4.97. The summed E-state index contributed by atoms with van der Waals surface area (Å²) in [5.41, 5.74) is 1.17. The maximum Gasteiger partial charge on any atom is 0.387 e. The number of imidazole rings is 1. The Balaban J connectivity index is 1.37. The highest BCUT2D eigenvalue weighted by atomic mass is 19.3. The molecule has 5 atom stereocenters. The highest BCUT2D eigenvalue weighted by Crippen LogP contribution is 2.40. The maximum atomic E-state index is 12.4. The molecule has 1 aromatic heterocycles. The lowest BCUT2D eigenvalue weighted by Crippen LogP contribution is -2.41. The monoisotopic (exact) mass is 550 g/mol. The number of carbonyl (C=O) groups excluding carboxylic acids is 1. The highest BCUT2D eigenvalue weighted by Gasteiger charge is 2.44. The molecule has 1 unspecified atom stereocenters. The zero-order valence-corrected chi connectivity index (χ0v) is 21.5. The van der Waals surface area contributed by atoms with Crippen molar-refractivity contribution in [3.05, 3.63) is 35.5 Å². The molecule has 5 rings (SSSR count). The van der Waals surface area contributed by atoms with E-state index in [2.05, 4.69) is 20.4 Å². The largest absolute Gasteiger partial charge is 0.435 e. The molecule has 1 aromatic carbocycles. The summed E-state index contributed by atoms with van der Waals surface area (Å²) in [5.74, 6) is 0.879. The van der Waals surface area contributed by atoms with Crippen LogP contribution in [-0.2, 0) is 20.9 Å². The first-order chi connectivity index (χ1) is 18.7. The fourth-order valence-electron chi connectivity index (χ4n) is 4.97. The summed E-state index contributed by atoms with van der Waals surface area (Å²) in [4.78, 5) is 22.7. The van der Waals surface area contributed by atoms with E-state index in [1.54, 1.807) is 35.4 Å². The van der Waals surface area contributed by atoms with Gasteiger partial charge in [-0.3, -0.25) is 9.36 Å². The number of hydrogen-bond donors (Lipinski definition) is 4. The molecule has 14 heteroatoms. The number of amides is 1. The predicted octanol–water partition coefficient (Wildman–Crippen LogP) is 2.02. The lowest BCUT2D eigenvalue weighted by molar-refractivity contribution is -0.129. The van der Waals surface area contributed by atoms with E-state index in [9.17, 15) is 23.8 Å². The van der Waals surface area contributed by atoms with Crippen LogP contribution in [0.15, 0.2) is 29.3 Å². The molecule has 0 saturated carbocycles. The standard InChI is InChI=1S/C25H32F2N6O6/c1-13-19(35)20(36)23(38-13)33-21-18(31-25(33)30-16-7-9-32(10-8-16)14(2)34)22(29-12-28-21)37-11-15-3-5-17(6-4-15)39-24(26)27/h3-6,12-13,16,19-20,22-24,35-36H,7-11H2,1-2H3,(H,28,29)(H,30,31)/t13-,19-,20-,22?,23-/m1/s1. The Bertz CT molecular complexity index is 1190. The van der Waals surface area contributed by atoms with E-state index in [-0.39, 0.29) is 24.3 Å². The van der Waals surface area contributed by atoms with Crippen LogP contribution < -0.4 is 15.4 Å². The highest BCUT2D eigenvalue weighted by molar-refractivity contribution is 5.73. The zero-order chi connectivity index (χ0) is 27.7. The van der Waals surface area contributed by atoms with E-state index >= 15 is 0 Å². The number of anilines is 1. The number of fused-ring (bicyclic) bond motifs is 1. The number of alkyl halides is 2. The summed E-state index contributed by atoms with van der Waals surface area (Å²) in [5, 5.41) is 27.6. The Kier molecular flexibility index (Phi) is 7.98. The van der Waals surface area contributed by atoms with Crippen molar-refractivity contribution < 1.29 is 38.0 Å². The average molecular weight is 551 g/mol. The lowest BCUT2D eigenvalue weighted by atomic mass is 10.1. The minimum Gasteiger partial charge on any atom is -0.435 e. The van der Waals surface area contributed by atoms with Gasteiger partial charge in [-0.25, -0.2) is 9.98 Å². The predicted molar refractivity (Wildman–Crippen MR) is 135 cm³/mol. The van der Waals surface area contributed by atoms with Crippen molar-refractivity contribution in [3.8, 4) is 5.75 Å². The van der Waals surface area contributed by atoms with E-state index in [0.717, 1.165) is 5.56 Å². The third-order valence-electron chi connectivity index (χ3n) is 7.14. The van der Waals surface area contributed by atoms with Crippen LogP contribution in [0, 0.1) is 0 Å². The number of rotatable bonds is 8. The summed E-state index contributed by atoms with van der Waals surface area (Å²) >= 11 is 0. The van der Waals surface area contributed by atoms with Gasteiger partial charge in [-0.05, 0) is 37.5 Å². The summed E-state index contributed by atoms with van der Waals surface area (Å²) < 4.78 is 42.8. The minimum atomic E-state index is -2.90. The molecule has 3 aliphatic rings. The van der Waals surface area contributed by atoms with E-state index in [1.807, 2.05) is 0 Å². The first kappa shape index (κ1) is 27.2. The number of nitrogens with zero attached hydrogens (tertiary/aromatic N) is 4. The van der Waals surface area contributed by atoms with Gasteiger partial charge in [0.15, 0.2) is 18.3 Å². The zero-order valence-electron chi connectivity index (χ0n) is 21.5. The molecule has 4 N–H and O–H groups in total. The Labute approximate surface area is 223 Å². The van der Waals surface area contributed by atoms with Gasteiger partial charge in [-0.15, -0.1) is 0 Å². The molecule has 39 heavy (non-hydrogen) atoms. The van der Waals surface area contributed by atoms with Crippen molar-refractivity contribution >= 4 is 24.0 Å². The lowest BCUT2D eigenvalue weighted by Gasteiger charge is -2.32. The van der Waals surface area contributed by atoms with Crippen LogP contribution in [0.5, 0.6) is 5.75 Å². The number of ether oxygens (including phenoxy) is 3. The van der Waals surface area contributed by atoms with Gasteiger partial charge in [0.25, 0.3) is 0 Å². The van der Waals surface area contributed by atoms with Crippen LogP contribution in [0.2, 0.25) is 0 Å². The van der Waals surface area contributed by atoms with Crippen LogP contribution in [0.3, 0.4) is 0 Å². The molecule has 0 radical (unpaired) electrons. The van der Waals surface area contributed by atoms with Crippen molar-refractivity contribution in [1.82, 2.24) is 19.8 Å². The number of nitrogens with one attached hydrogen (secondary N) is 2. The first-order valence-electron chi connectivity index (χ1n) is 12.8. The van der Waals surface area contributed by atoms with Gasteiger partial charge < -0.3 is 40.0 Å². The van der Waals surface area contributed by atoms with Gasteiger partial charge in [0.2, 0.25) is 11.9 Å². The van der Waals surface area contributed by atoms with E-state index < -0.39 is 37.4 Å². The second-order valence-corrected chi connectivity index (χ2v) is 9.79. The SMILES string of the molecule is CC(=O)N1CCC(Nc2nc3c(n2[C@@H]2O[C@H](C)[C@@H](O)[C@H]2O)N=CNC3OCc2ccc(OC(F)F)cc2)CC1. The molecule has 4 heterocycles. The van der Waals surface area contributed by atoms with Crippen molar-refractivity contribution in [2.45, 2.75) is 76.7 Å². The number of aromatic nitrogens is 2. The summed E-state index contributed by atoms with van der Waals surface area (Å²) in [6, 6.07) is 6.13. The summed E-state index contributed by atoms with van der Waals surface area (Å²) in [6.07, 6.45) is -1.69. The van der Waals surface area contributed by atoms with Gasteiger partial charge in [-0.2, -0.15) is 8.78 Å². The maximum absolute atomic E-state index is 12.4. The quantitative estimate of drug-likeness (QED) is 0.388. The van der Waals surface area contributed by atoms with Crippen molar-refractivity contribution in [1.29, 1.82) is 0 Å². The molecule has 12 nitrogen and oxygen atoms in total. The fraction of sp³-hybridized carbons (Fsp3) is 0.560. The van der Waals surface area contributed by atoms with Gasteiger partial charge in [0, 0.05) is 26.1 Å². The van der Waals surface area contributed by atoms with Crippen LogP contribution in [0.25, 0.3) is 0 Å². The number of likely N-dealkylation sites (tertiary alicyclic amines) is 1. The van der Waals surface area contributed by atoms with Crippen molar-refractivity contribution in [2.75, 3.05) is 18.4 Å². The molecule has 0 bridgehead atoms. The van der Waals surface area contributed by atoms with Crippen molar-refractivity contribution in [3.63, 3.8) is 0 Å². The summed E-state index contributed by atoms with van der Waals surface area (Å²) in [6.45, 7) is 1.68.